The van der Waals surface area contributed by atoms with Gasteiger partial charge in [0.05, 0.1) is 0 Å². The summed E-state index contributed by atoms with van der Waals surface area (Å²) < 4.78 is 0. The third-order valence-electron chi connectivity index (χ3n) is 2.76. The molecule has 0 aromatic heterocycles. The maximum absolute atomic E-state index is 3.80. The van der Waals surface area contributed by atoms with Crippen molar-refractivity contribution in [1.82, 2.24) is 4.90 Å². The monoisotopic (exact) mass is 173 g/mol. The standard InChI is InChI=1S/C12H15N/c1-3-6-12-11-8-5-4-7-10(11)9-13(12)2/h3-5,7-8,12H,1,6,9H2,2H3/t12-/m0/s1. The molecule has 0 aliphatic carbocycles. The molecule has 1 nitrogen and oxygen atoms in total. The van der Waals surface area contributed by atoms with Crippen LogP contribution in [-0.2, 0) is 6.54 Å². The molecule has 1 aromatic rings. The molecule has 1 atom stereocenters. The first-order valence-electron chi connectivity index (χ1n) is 4.72. The number of hydrogen-bond acceptors (Lipinski definition) is 1. The highest BCUT2D eigenvalue weighted by Crippen LogP contribution is 2.34. The summed E-state index contributed by atoms with van der Waals surface area (Å²) in [6, 6.07) is 9.23. The summed E-state index contributed by atoms with van der Waals surface area (Å²) in [5.41, 5.74) is 2.95. The molecule has 1 heteroatoms. The molecule has 0 bridgehead atoms. The molecule has 2 rings (SSSR count). The molecular formula is C12H15N. The summed E-state index contributed by atoms with van der Waals surface area (Å²) in [7, 11) is 2.17. The van der Waals surface area contributed by atoms with Crippen molar-refractivity contribution in [3.8, 4) is 0 Å². The third kappa shape index (κ3) is 1.40. The van der Waals surface area contributed by atoms with Gasteiger partial charge in [-0.25, -0.2) is 0 Å². The molecule has 0 fully saturated rings. The van der Waals surface area contributed by atoms with E-state index in [1.54, 1.807) is 0 Å². The summed E-state index contributed by atoms with van der Waals surface area (Å²) in [4.78, 5) is 2.38. The van der Waals surface area contributed by atoms with Crippen LogP contribution < -0.4 is 0 Å². The van der Waals surface area contributed by atoms with E-state index >= 15 is 0 Å². The Labute approximate surface area is 79.7 Å². The van der Waals surface area contributed by atoms with Crippen LogP contribution >= 0.6 is 0 Å². The lowest BCUT2D eigenvalue weighted by molar-refractivity contribution is 0.270. The Bertz CT molecular complexity index is 317. The minimum Gasteiger partial charge on any atom is -0.295 e. The van der Waals surface area contributed by atoms with Crippen molar-refractivity contribution in [2.24, 2.45) is 0 Å². The number of rotatable bonds is 2. The van der Waals surface area contributed by atoms with Crippen LogP contribution in [0, 0.1) is 0 Å². The second kappa shape index (κ2) is 3.35. The van der Waals surface area contributed by atoms with Crippen LogP contribution in [0.1, 0.15) is 23.6 Å². The zero-order valence-electron chi connectivity index (χ0n) is 8.03. The molecule has 1 aliphatic rings. The zero-order valence-corrected chi connectivity index (χ0v) is 8.03. The van der Waals surface area contributed by atoms with Gasteiger partial charge in [-0.2, -0.15) is 0 Å². The Morgan fingerprint density at radius 2 is 2.31 bits per heavy atom. The lowest BCUT2D eigenvalue weighted by atomic mass is 10.0. The molecule has 1 aromatic carbocycles. The van der Waals surface area contributed by atoms with E-state index < -0.39 is 0 Å². The van der Waals surface area contributed by atoms with Crippen LogP contribution in [0.2, 0.25) is 0 Å². The minimum absolute atomic E-state index is 0.550. The van der Waals surface area contributed by atoms with E-state index in [1.165, 1.54) is 11.1 Å². The van der Waals surface area contributed by atoms with Crippen LogP contribution in [0.15, 0.2) is 36.9 Å². The Morgan fingerprint density at radius 1 is 1.54 bits per heavy atom. The van der Waals surface area contributed by atoms with Crippen molar-refractivity contribution in [3.63, 3.8) is 0 Å². The predicted octanol–water partition coefficient (Wildman–Crippen LogP) is 2.75. The second-order valence-electron chi connectivity index (χ2n) is 3.65. The highest BCUT2D eigenvalue weighted by Gasteiger charge is 2.25. The average molecular weight is 173 g/mol. The van der Waals surface area contributed by atoms with Crippen LogP contribution in [0.3, 0.4) is 0 Å². The molecule has 1 heterocycles. The molecule has 0 unspecified atom stereocenters. The molecule has 0 radical (unpaired) electrons. The van der Waals surface area contributed by atoms with Crippen LogP contribution in [-0.4, -0.2) is 11.9 Å². The summed E-state index contributed by atoms with van der Waals surface area (Å²) >= 11 is 0. The van der Waals surface area contributed by atoms with Crippen LogP contribution in [0.25, 0.3) is 0 Å². The molecule has 0 amide bonds. The van der Waals surface area contributed by atoms with Gasteiger partial charge < -0.3 is 0 Å². The highest BCUT2D eigenvalue weighted by molar-refractivity contribution is 5.34. The summed E-state index contributed by atoms with van der Waals surface area (Å²) in [6.45, 7) is 4.88. The molecule has 0 saturated heterocycles. The lowest BCUT2D eigenvalue weighted by Crippen LogP contribution is -2.15. The van der Waals surface area contributed by atoms with E-state index in [-0.39, 0.29) is 0 Å². The van der Waals surface area contributed by atoms with Crippen molar-refractivity contribution in [2.45, 2.75) is 19.0 Å². The predicted molar refractivity (Wildman–Crippen MR) is 55.5 cm³/mol. The van der Waals surface area contributed by atoms with E-state index in [4.69, 9.17) is 0 Å². The fourth-order valence-electron chi connectivity index (χ4n) is 2.08. The van der Waals surface area contributed by atoms with Gasteiger partial charge in [-0.15, -0.1) is 6.58 Å². The smallest absolute Gasteiger partial charge is 0.0386 e. The molecule has 13 heavy (non-hydrogen) atoms. The minimum atomic E-state index is 0.550. The number of fused-ring (bicyclic) bond motifs is 1. The third-order valence-corrected chi connectivity index (χ3v) is 2.76. The first kappa shape index (κ1) is 8.52. The number of benzene rings is 1. The van der Waals surface area contributed by atoms with Crippen molar-refractivity contribution in [3.05, 3.63) is 48.0 Å². The van der Waals surface area contributed by atoms with Crippen molar-refractivity contribution in [2.75, 3.05) is 7.05 Å². The Kier molecular flexibility index (Phi) is 2.19. The normalized spacial score (nSPS) is 21.5. The lowest BCUT2D eigenvalue weighted by Gasteiger charge is -2.18. The van der Waals surface area contributed by atoms with Crippen LogP contribution in [0.4, 0.5) is 0 Å². The van der Waals surface area contributed by atoms with Gasteiger partial charge in [-0.05, 0) is 24.6 Å². The zero-order chi connectivity index (χ0) is 9.26. The fraction of sp³-hybridized carbons (Fsp3) is 0.333. The van der Waals surface area contributed by atoms with E-state index in [0.717, 1.165) is 13.0 Å². The van der Waals surface area contributed by atoms with Gasteiger partial charge in [-0.1, -0.05) is 30.3 Å². The van der Waals surface area contributed by atoms with Crippen molar-refractivity contribution < 1.29 is 0 Å². The highest BCUT2D eigenvalue weighted by atomic mass is 15.1. The summed E-state index contributed by atoms with van der Waals surface area (Å²) in [6.07, 6.45) is 3.05. The summed E-state index contributed by atoms with van der Waals surface area (Å²) in [5.74, 6) is 0. The molecular weight excluding hydrogens is 158 g/mol. The van der Waals surface area contributed by atoms with Gasteiger partial charge in [0.1, 0.15) is 0 Å². The first-order valence-corrected chi connectivity index (χ1v) is 4.72. The maximum Gasteiger partial charge on any atom is 0.0386 e. The van der Waals surface area contributed by atoms with Gasteiger partial charge in [-0.3, -0.25) is 4.90 Å². The molecule has 0 spiro atoms. The Balaban J connectivity index is 2.34. The van der Waals surface area contributed by atoms with Gasteiger partial charge in [0.15, 0.2) is 0 Å². The van der Waals surface area contributed by atoms with E-state index in [1.807, 2.05) is 6.08 Å². The SMILES string of the molecule is C=CC[C@H]1c2ccccc2CN1C. The van der Waals surface area contributed by atoms with Gasteiger partial charge >= 0.3 is 0 Å². The van der Waals surface area contributed by atoms with Crippen molar-refractivity contribution >= 4 is 0 Å². The van der Waals surface area contributed by atoms with Crippen molar-refractivity contribution in [1.29, 1.82) is 0 Å². The molecule has 0 N–H and O–H groups in total. The molecule has 68 valence electrons. The van der Waals surface area contributed by atoms with E-state index in [2.05, 4.69) is 42.8 Å². The average Bonchev–Trinajstić information content (AvgIpc) is 2.44. The van der Waals surface area contributed by atoms with E-state index in [0.29, 0.717) is 6.04 Å². The van der Waals surface area contributed by atoms with Gasteiger partial charge in [0, 0.05) is 12.6 Å². The van der Waals surface area contributed by atoms with E-state index in [9.17, 15) is 0 Å². The fourth-order valence-corrected chi connectivity index (χ4v) is 2.08. The Morgan fingerprint density at radius 3 is 3.08 bits per heavy atom. The van der Waals surface area contributed by atoms with Gasteiger partial charge in [0.25, 0.3) is 0 Å². The molecule has 0 saturated carbocycles. The second-order valence-corrected chi connectivity index (χ2v) is 3.65. The Hall–Kier alpha value is -1.08. The first-order chi connectivity index (χ1) is 6.33. The van der Waals surface area contributed by atoms with Gasteiger partial charge in [0.2, 0.25) is 0 Å². The maximum atomic E-state index is 3.80. The number of hydrogen-bond donors (Lipinski definition) is 0. The topological polar surface area (TPSA) is 3.24 Å². The summed E-state index contributed by atoms with van der Waals surface area (Å²) in [5, 5.41) is 0. The van der Waals surface area contributed by atoms with Crippen LogP contribution in [0.5, 0.6) is 0 Å². The number of nitrogens with zero attached hydrogens (tertiary/aromatic N) is 1. The quantitative estimate of drug-likeness (QED) is 0.621. The largest absolute Gasteiger partial charge is 0.295 e. The molecule has 1 aliphatic heterocycles.